The van der Waals surface area contributed by atoms with Gasteiger partial charge in [0.2, 0.25) is 0 Å². The van der Waals surface area contributed by atoms with E-state index < -0.39 is 0 Å². The van der Waals surface area contributed by atoms with Crippen LogP contribution >= 0.6 is 0 Å². The van der Waals surface area contributed by atoms with Crippen LogP contribution in [0.2, 0.25) is 0 Å². The molecule has 0 amide bonds. The summed E-state index contributed by atoms with van der Waals surface area (Å²) in [7, 11) is 0. The van der Waals surface area contributed by atoms with Gasteiger partial charge in [-0.25, -0.2) is 0 Å². The molecule has 1 aliphatic carbocycles. The molecule has 0 spiro atoms. The number of aliphatic imine (C=N–C) groups is 1. The molecule has 0 aromatic heterocycles. The quantitative estimate of drug-likeness (QED) is 0.638. The minimum absolute atomic E-state index is 0.0286. The second-order valence-electron chi connectivity index (χ2n) is 5.84. The van der Waals surface area contributed by atoms with E-state index in [0.717, 1.165) is 25.0 Å². The lowest BCUT2D eigenvalue weighted by molar-refractivity contribution is -0.115. The molecule has 22 heavy (non-hydrogen) atoms. The van der Waals surface area contributed by atoms with Crippen LogP contribution in [-0.2, 0) is 4.79 Å². The van der Waals surface area contributed by atoms with Crippen molar-refractivity contribution in [1.29, 1.82) is 0 Å². The Kier molecular flexibility index (Phi) is 5.93. The average molecular weight is 299 g/mol. The largest absolute Gasteiger partial charge is 0.511 e. The second kappa shape index (κ2) is 7.92. The summed E-state index contributed by atoms with van der Waals surface area (Å²) in [6.07, 6.45) is 3.50. The molecule has 1 saturated carbocycles. The lowest BCUT2D eigenvalue weighted by Gasteiger charge is -2.26. The van der Waals surface area contributed by atoms with Gasteiger partial charge < -0.3 is 5.11 Å². The zero-order valence-corrected chi connectivity index (χ0v) is 13.5. The van der Waals surface area contributed by atoms with E-state index in [0.29, 0.717) is 25.0 Å². The van der Waals surface area contributed by atoms with Gasteiger partial charge in [0.05, 0.1) is 5.57 Å². The van der Waals surface area contributed by atoms with Crippen LogP contribution in [0.4, 0.5) is 0 Å². The highest BCUT2D eigenvalue weighted by atomic mass is 16.3. The molecular weight excluding hydrogens is 274 g/mol. The van der Waals surface area contributed by atoms with Crippen LogP contribution in [0, 0.1) is 0 Å². The highest BCUT2D eigenvalue weighted by Gasteiger charge is 2.31. The summed E-state index contributed by atoms with van der Waals surface area (Å²) in [6.45, 7) is 4.77. The van der Waals surface area contributed by atoms with E-state index in [-0.39, 0.29) is 17.5 Å². The first kappa shape index (κ1) is 16.5. The SMILES string of the molecule is CCCN=C1C[C@@H](c2ccccc2)CC(=O)C1=C(O)CCC. The lowest BCUT2D eigenvalue weighted by atomic mass is 9.78. The van der Waals surface area contributed by atoms with Gasteiger partial charge in [-0.1, -0.05) is 44.2 Å². The summed E-state index contributed by atoms with van der Waals surface area (Å²) in [5, 5.41) is 10.2. The maximum atomic E-state index is 12.6. The van der Waals surface area contributed by atoms with Crippen LogP contribution in [0.3, 0.4) is 0 Å². The predicted molar refractivity (Wildman–Crippen MR) is 90.6 cm³/mol. The number of rotatable bonds is 5. The fourth-order valence-electron chi connectivity index (χ4n) is 2.93. The summed E-state index contributed by atoms with van der Waals surface area (Å²) in [6, 6.07) is 10.1. The Labute approximate surface area is 132 Å². The second-order valence-corrected chi connectivity index (χ2v) is 5.84. The van der Waals surface area contributed by atoms with E-state index in [9.17, 15) is 9.90 Å². The number of Topliss-reactive ketones (excluding diaryl/α,β-unsaturated/α-hetero) is 1. The lowest BCUT2D eigenvalue weighted by Crippen LogP contribution is -2.27. The maximum absolute atomic E-state index is 12.6. The van der Waals surface area contributed by atoms with E-state index in [1.54, 1.807) is 0 Å². The number of ketones is 1. The van der Waals surface area contributed by atoms with Gasteiger partial charge in [0.1, 0.15) is 5.76 Å². The van der Waals surface area contributed by atoms with Crippen LogP contribution in [-0.4, -0.2) is 23.1 Å². The molecule has 3 nitrogen and oxygen atoms in total. The summed E-state index contributed by atoms with van der Waals surface area (Å²) in [5.74, 6) is 0.414. The standard InChI is InChI=1S/C19H25NO2/c1-3-8-17(21)19-16(20-11-4-2)12-15(13-18(19)22)14-9-6-5-7-10-14/h5-7,9-10,15,21H,3-4,8,11-13H2,1-2H3/t15-/m1/s1. The summed E-state index contributed by atoms with van der Waals surface area (Å²) in [4.78, 5) is 17.2. The van der Waals surface area contributed by atoms with Crippen molar-refractivity contribution >= 4 is 11.5 Å². The fourth-order valence-corrected chi connectivity index (χ4v) is 2.93. The van der Waals surface area contributed by atoms with Crippen molar-refractivity contribution < 1.29 is 9.90 Å². The number of carbonyl (C=O) groups excluding carboxylic acids is 1. The van der Waals surface area contributed by atoms with E-state index in [2.05, 4.69) is 24.0 Å². The Morgan fingerprint density at radius 3 is 2.55 bits per heavy atom. The first-order valence-electron chi connectivity index (χ1n) is 8.21. The minimum Gasteiger partial charge on any atom is -0.511 e. The summed E-state index contributed by atoms with van der Waals surface area (Å²) < 4.78 is 0. The van der Waals surface area contributed by atoms with Crippen LogP contribution in [0.1, 0.15) is 57.4 Å². The van der Waals surface area contributed by atoms with Gasteiger partial charge in [0.15, 0.2) is 5.78 Å². The third kappa shape index (κ3) is 3.85. The van der Waals surface area contributed by atoms with Crippen molar-refractivity contribution in [1.82, 2.24) is 0 Å². The molecule has 0 radical (unpaired) electrons. The molecule has 0 unspecified atom stereocenters. The number of nitrogens with zero attached hydrogens (tertiary/aromatic N) is 1. The molecule has 2 rings (SSSR count). The molecular formula is C19H25NO2. The van der Waals surface area contributed by atoms with Gasteiger partial charge in [-0.05, 0) is 30.7 Å². The molecule has 118 valence electrons. The van der Waals surface area contributed by atoms with Crippen molar-refractivity contribution in [3.05, 3.63) is 47.2 Å². The van der Waals surface area contributed by atoms with E-state index in [4.69, 9.17) is 0 Å². The topological polar surface area (TPSA) is 49.7 Å². The Morgan fingerprint density at radius 2 is 1.91 bits per heavy atom. The van der Waals surface area contributed by atoms with Gasteiger partial charge >= 0.3 is 0 Å². The van der Waals surface area contributed by atoms with Gasteiger partial charge in [-0.15, -0.1) is 0 Å². The zero-order chi connectivity index (χ0) is 15.9. The summed E-state index contributed by atoms with van der Waals surface area (Å²) >= 11 is 0. The number of aliphatic hydroxyl groups excluding tert-OH is 1. The van der Waals surface area contributed by atoms with Crippen molar-refractivity contribution in [2.75, 3.05) is 6.54 Å². The first-order chi connectivity index (χ1) is 10.7. The summed E-state index contributed by atoms with van der Waals surface area (Å²) in [5.41, 5.74) is 2.45. The van der Waals surface area contributed by atoms with E-state index >= 15 is 0 Å². The minimum atomic E-state index is 0.0286. The number of benzene rings is 1. The number of aliphatic hydroxyl groups is 1. The molecule has 0 bridgehead atoms. The third-order valence-electron chi connectivity index (χ3n) is 4.01. The molecule has 0 aliphatic heterocycles. The van der Waals surface area contributed by atoms with Crippen LogP contribution in [0.25, 0.3) is 0 Å². The van der Waals surface area contributed by atoms with Crippen molar-refractivity contribution in [3.8, 4) is 0 Å². The van der Waals surface area contributed by atoms with Crippen LogP contribution in [0.5, 0.6) is 0 Å². The normalized spacial score (nSPS) is 22.9. The monoisotopic (exact) mass is 299 g/mol. The Hall–Kier alpha value is -1.90. The Balaban J connectivity index is 2.33. The molecule has 0 heterocycles. The molecule has 1 N–H and O–H groups in total. The Morgan fingerprint density at radius 1 is 1.18 bits per heavy atom. The first-order valence-corrected chi connectivity index (χ1v) is 8.21. The molecule has 3 heteroatoms. The Bertz CT molecular complexity index is 572. The van der Waals surface area contributed by atoms with Gasteiger partial charge in [-0.3, -0.25) is 9.79 Å². The third-order valence-corrected chi connectivity index (χ3v) is 4.01. The van der Waals surface area contributed by atoms with E-state index in [1.807, 2.05) is 25.1 Å². The number of carbonyl (C=O) groups is 1. The molecule has 0 saturated heterocycles. The molecule has 1 aliphatic rings. The maximum Gasteiger partial charge on any atom is 0.168 e. The number of hydrogen-bond donors (Lipinski definition) is 1. The van der Waals surface area contributed by atoms with Crippen molar-refractivity contribution in [3.63, 3.8) is 0 Å². The van der Waals surface area contributed by atoms with Crippen molar-refractivity contribution in [2.24, 2.45) is 4.99 Å². The van der Waals surface area contributed by atoms with Crippen LogP contribution in [0.15, 0.2) is 46.7 Å². The zero-order valence-electron chi connectivity index (χ0n) is 13.5. The van der Waals surface area contributed by atoms with Crippen LogP contribution < -0.4 is 0 Å². The highest BCUT2D eigenvalue weighted by molar-refractivity contribution is 6.24. The number of allylic oxidation sites excluding steroid dienone is 2. The smallest absolute Gasteiger partial charge is 0.168 e. The van der Waals surface area contributed by atoms with Gasteiger partial charge in [-0.2, -0.15) is 0 Å². The predicted octanol–water partition coefficient (Wildman–Crippen LogP) is 4.60. The number of hydrogen-bond acceptors (Lipinski definition) is 3. The molecule has 1 fully saturated rings. The molecule has 1 atom stereocenters. The van der Waals surface area contributed by atoms with Gasteiger partial charge in [0, 0.05) is 25.1 Å². The highest BCUT2D eigenvalue weighted by Crippen LogP contribution is 2.33. The molecule has 1 aromatic carbocycles. The van der Waals surface area contributed by atoms with Crippen molar-refractivity contribution in [2.45, 2.75) is 51.9 Å². The van der Waals surface area contributed by atoms with Gasteiger partial charge in [0.25, 0.3) is 0 Å². The van der Waals surface area contributed by atoms with E-state index in [1.165, 1.54) is 5.56 Å². The average Bonchev–Trinajstić information content (AvgIpc) is 2.53. The molecule has 1 aromatic rings. The fraction of sp³-hybridized carbons (Fsp3) is 0.474.